The van der Waals surface area contributed by atoms with Gasteiger partial charge in [-0.05, 0) is 22.8 Å². The summed E-state index contributed by atoms with van der Waals surface area (Å²) in [5.41, 5.74) is 1.46. The van der Waals surface area contributed by atoms with E-state index in [1.807, 2.05) is 6.20 Å². The fraction of sp³-hybridized carbons (Fsp3) is 0.222. The second kappa shape index (κ2) is 5.17. The van der Waals surface area contributed by atoms with Crippen LogP contribution in [0.5, 0.6) is 0 Å². The predicted molar refractivity (Wildman–Crippen MR) is 85.6 cm³/mol. The molecule has 3 nitrogen and oxygen atoms in total. The third-order valence-corrected chi connectivity index (χ3v) is 4.32. The first-order chi connectivity index (χ1) is 10.4. The van der Waals surface area contributed by atoms with Crippen molar-refractivity contribution in [2.75, 3.05) is 18.0 Å². The summed E-state index contributed by atoms with van der Waals surface area (Å²) in [6, 6.07) is 15.3. The van der Waals surface area contributed by atoms with Gasteiger partial charge in [-0.25, -0.2) is 4.98 Å². The minimum absolute atomic E-state index is 0.568. The third kappa shape index (κ3) is 2.25. The molecule has 1 atom stereocenters. The Morgan fingerprint density at radius 2 is 1.90 bits per heavy atom. The Morgan fingerprint density at radius 3 is 2.81 bits per heavy atom. The van der Waals surface area contributed by atoms with Gasteiger partial charge in [0.25, 0.3) is 0 Å². The van der Waals surface area contributed by atoms with Crippen molar-refractivity contribution < 1.29 is 0 Å². The van der Waals surface area contributed by atoms with Gasteiger partial charge in [0.2, 0.25) is 0 Å². The van der Waals surface area contributed by atoms with Gasteiger partial charge in [0, 0.05) is 31.4 Å². The molecule has 0 N–H and O–H groups in total. The molecular formula is C18H17N3. The summed E-state index contributed by atoms with van der Waals surface area (Å²) >= 11 is 0. The first kappa shape index (κ1) is 12.3. The summed E-state index contributed by atoms with van der Waals surface area (Å²) in [6.45, 7) is 2.07. The highest BCUT2D eigenvalue weighted by Crippen LogP contribution is 2.33. The molecule has 3 aromatic rings. The summed E-state index contributed by atoms with van der Waals surface area (Å²) in [5.74, 6) is 1.55. The van der Waals surface area contributed by atoms with E-state index in [4.69, 9.17) is 0 Å². The van der Waals surface area contributed by atoms with Crippen LogP contribution in [0.1, 0.15) is 17.9 Å². The maximum absolute atomic E-state index is 4.41. The topological polar surface area (TPSA) is 29.0 Å². The van der Waals surface area contributed by atoms with Crippen molar-refractivity contribution in [2.45, 2.75) is 12.3 Å². The van der Waals surface area contributed by atoms with Gasteiger partial charge in [-0.2, -0.15) is 0 Å². The lowest BCUT2D eigenvalue weighted by atomic mass is 9.93. The van der Waals surface area contributed by atoms with E-state index in [0.717, 1.165) is 18.9 Å². The first-order valence-electron chi connectivity index (χ1n) is 7.40. The van der Waals surface area contributed by atoms with Crippen molar-refractivity contribution >= 4 is 16.6 Å². The summed E-state index contributed by atoms with van der Waals surface area (Å²) in [6.07, 6.45) is 6.51. The van der Waals surface area contributed by atoms with Crippen molar-refractivity contribution in [3.8, 4) is 0 Å². The molecule has 1 fully saturated rings. The molecule has 0 aliphatic carbocycles. The monoisotopic (exact) mass is 275 g/mol. The van der Waals surface area contributed by atoms with Gasteiger partial charge in [0.1, 0.15) is 5.82 Å². The van der Waals surface area contributed by atoms with E-state index >= 15 is 0 Å². The minimum atomic E-state index is 0.568. The molecular weight excluding hydrogens is 258 g/mol. The molecule has 2 aromatic carbocycles. The Bertz CT molecular complexity index is 749. The van der Waals surface area contributed by atoms with Gasteiger partial charge in [0.15, 0.2) is 0 Å². The van der Waals surface area contributed by atoms with Crippen LogP contribution in [0.4, 0.5) is 5.82 Å². The van der Waals surface area contributed by atoms with Crippen molar-refractivity contribution in [3.05, 3.63) is 66.6 Å². The van der Waals surface area contributed by atoms with Crippen LogP contribution in [0.25, 0.3) is 10.8 Å². The molecule has 0 spiro atoms. The zero-order valence-corrected chi connectivity index (χ0v) is 11.8. The Balaban J connectivity index is 1.66. The Morgan fingerprint density at radius 1 is 1.00 bits per heavy atom. The van der Waals surface area contributed by atoms with Crippen LogP contribution in [0.2, 0.25) is 0 Å². The molecule has 21 heavy (non-hydrogen) atoms. The summed E-state index contributed by atoms with van der Waals surface area (Å²) in [4.78, 5) is 10.9. The smallest absolute Gasteiger partial charge is 0.147 e. The normalized spacial score (nSPS) is 18.3. The number of anilines is 1. The largest absolute Gasteiger partial charge is 0.355 e. The van der Waals surface area contributed by atoms with Crippen LogP contribution in [0, 0.1) is 0 Å². The highest BCUT2D eigenvalue weighted by atomic mass is 15.2. The maximum atomic E-state index is 4.41. The van der Waals surface area contributed by atoms with Crippen LogP contribution >= 0.6 is 0 Å². The zero-order valence-electron chi connectivity index (χ0n) is 11.8. The van der Waals surface area contributed by atoms with E-state index < -0.39 is 0 Å². The molecule has 1 aliphatic rings. The Hall–Kier alpha value is -2.42. The molecule has 1 aromatic heterocycles. The quantitative estimate of drug-likeness (QED) is 0.715. The molecule has 0 radical (unpaired) electrons. The first-order valence-corrected chi connectivity index (χ1v) is 7.40. The van der Waals surface area contributed by atoms with E-state index in [-0.39, 0.29) is 0 Å². The van der Waals surface area contributed by atoms with E-state index in [1.54, 1.807) is 12.4 Å². The minimum Gasteiger partial charge on any atom is -0.355 e. The number of benzene rings is 2. The number of aromatic nitrogens is 2. The van der Waals surface area contributed by atoms with Gasteiger partial charge in [-0.15, -0.1) is 0 Å². The van der Waals surface area contributed by atoms with Crippen LogP contribution in [0.3, 0.4) is 0 Å². The average Bonchev–Trinajstić information content (AvgIpc) is 3.05. The van der Waals surface area contributed by atoms with Crippen LogP contribution < -0.4 is 4.90 Å². The molecule has 1 unspecified atom stereocenters. The lowest BCUT2D eigenvalue weighted by Gasteiger charge is -2.17. The molecule has 104 valence electrons. The average molecular weight is 275 g/mol. The predicted octanol–water partition coefficient (Wildman–Crippen LogP) is 3.62. The number of fused-ring (bicyclic) bond motifs is 1. The van der Waals surface area contributed by atoms with Crippen molar-refractivity contribution in [1.82, 2.24) is 9.97 Å². The lowest BCUT2D eigenvalue weighted by Crippen LogP contribution is -2.20. The summed E-state index contributed by atoms with van der Waals surface area (Å²) < 4.78 is 0. The second-order valence-corrected chi connectivity index (χ2v) is 5.56. The van der Waals surface area contributed by atoms with Gasteiger partial charge in [0.05, 0.1) is 6.20 Å². The molecule has 2 heterocycles. The second-order valence-electron chi connectivity index (χ2n) is 5.56. The van der Waals surface area contributed by atoms with Crippen LogP contribution in [-0.2, 0) is 0 Å². The number of nitrogens with zero attached hydrogens (tertiary/aromatic N) is 3. The lowest BCUT2D eigenvalue weighted by molar-refractivity contribution is 0.781. The highest BCUT2D eigenvalue weighted by molar-refractivity contribution is 5.86. The molecule has 1 aliphatic heterocycles. The maximum Gasteiger partial charge on any atom is 0.147 e. The number of hydrogen-bond donors (Lipinski definition) is 0. The molecule has 3 heteroatoms. The van der Waals surface area contributed by atoms with Gasteiger partial charge in [-0.1, -0.05) is 42.5 Å². The SMILES string of the molecule is c1ccc2c(C3CCN(c4cnccn4)C3)cccc2c1. The van der Waals surface area contributed by atoms with Crippen molar-refractivity contribution in [3.63, 3.8) is 0 Å². The molecule has 4 rings (SSSR count). The molecule has 0 bridgehead atoms. The zero-order chi connectivity index (χ0) is 14.1. The Labute approximate surface area is 124 Å². The van der Waals surface area contributed by atoms with Gasteiger partial charge < -0.3 is 4.90 Å². The van der Waals surface area contributed by atoms with Gasteiger partial charge in [-0.3, -0.25) is 4.98 Å². The van der Waals surface area contributed by atoms with Crippen molar-refractivity contribution in [1.29, 1.82) is 0 Å². The van der Waals surface area contributed by atoms with E-state index in [2.05, 4.69) is 57.3 Å². The standard InChI is InChI=1S/C18H17N3/c1-2-6-16-14(4-1)5-3-7-17(16)15-8-11-21(13-15)18-12-19-9-10-20-18/h1-7,9-10,12,15H,8,11,13H2. The molecule has 1 saturated heterocycles. The highest BCUT2D eigenvalue weighted by Gasteiger charge is 2.25. The summed E-state index contributed by atoms with van der Waals surface area (Å²) in [5, 5.41) is 2.71. The Kier molecular flexibility index (Phi) is 3.03. The van der Waals surface area contributed by atoms with E-state index in [0.29, 0.717) is 5.92 Å². The summed E-state index contributed by atoms with van der Waals surface area (Å²) in [7, 11) is 0. The van der Waals surface area contributed by atoms with E-state index in [9.17, 15) is 0 Å². The fourth-order valence-corrected chi connectivity index (χ4v) is 3.28. The fourth-order valence-electron chi connectivity index (χ4n) is 3.28. The van der Waals surface area contributed by atoms with Crippen LogP contribution in [-0.4, -0.2) is 23.1 Å². The number of rotatable bonds is 2. The molecule has 0 saturated carbocycles. The van der Waals surface area contributed by atoms with Gasteiger partial charge >= 0.3 is 0 Å². The van der Waals surface area contributed by atoms with E-state index in [1.165, 1.54) is 22.8 Å². The van der Waals surface area contributed by atoms with Crippen LogP contribution in [0.15, 0.2) is 61.1 Å². The molecule has 0 amide bonds. The number of hydrogen-bond acceptors (Lipinski definition) is 3. The van der Waals surface area contributed by atoms with Crippen molar-refractivity contribution in [2.24, 2.45) is 0 Å². The third-order valence-electron chi connectivity index (χ3n) is 4.32.